The summed E-state index contributed by atoms with van der Waals surface area (Å²) in [5.74, 6) is 1.34. The maximum atomic E-state index is 9.15. The second-order valence-electron chi connectivity index (χ2n) is 5.08. The maximum Gasteiger partial charge on any atom is 0.186 e. The normalized spacial score (nSPS) is 16.5. The monoisotopic (exact) mass is 272 g/mol. The van der Waals surface area contributed by atoms with Crippen molar-refractivity contribution in [1.82, 2.24) is 0 Å². The molecule has 20 heavy (non-hydrogen) atoms. The summed E-state index contributed by atoms with van der Waals surface area (Å²) < 4.78 is 5.09. The molecule has 0 radical (unpaired) electrons. The van der Waals surface area contributed by atoms with Gasteiger partial charge >= 0.3 is 0 Å². The summed E-state index contributed by atoms with van der Waals surface area (Å²) in [6, 6.07) is 9.32. The zero-order valence-corrected chi connectivity index (χ0v) is 11.8. The Morgan fingerprint density at radius 3 is 2.55 bits per heavy atom. The van der Waals surface area contributed by atoms with Crippen LogP contribution in [0.4, 0.5) is 0 Å². The molecule has 2 rings (SSSR count). The van der Waals surface area contributed by atoms with E-state index >= 15 is 0 Å². The van der Waals surface area contributed by atoms with Crippen molar-refractivity contribution in [3.8, 4) is 11.8 Å². The summed E-state index contributed by atoms with van der Waals surface area (Å²) in [6.07, 6.45) is 6.30. The smallest absolute Gasteiger partial charge is 0.186 e. The Morgan fingerprint density at radius 1 is 1.25 bits per heavy atom. The first kappa shape index (κ1) is 14.4. The minimum absolute atomic E-state index is 0.309. The number of rotatable bonds is 5. The van der Waals surface area contributed by atoms with Crippen molar-refractivity contribution in [2.45, 2.75) is 32.1 Å². The molecule has 1 aliphatic carbocycles. The predicted octanol–water partition coefficient (Wildman–Crippen LogP) is 3.52. The predicted molar refractivity (Wildman–Crippen MR) is 77.7 cm³/mol. The standard InChI is InChI=1S/C16H20N2O2/c1-19-15-9-7-14(8-10-15)16(11-17)18-20-12-13-5-3-2-4-6-13/h7-10,13H,2-6,12H2,1H3/b18-16+. The van der Waals surface area contributed by atoms with Gasteiger partial charge in [0, 0.05) is 5.56 Å². The van der Waals surface area contributed by atoms with E-state index in [2.05, 4.69) is 11.2 Å². The first-order chi connectivity index (χ1) is 9.83. The molecule has 0 unspecified atom stereocenters. The van der Waals surface area contributed by atoms with Crippen molar-refractivity contribution < 1.29 is 9.57 Å². The average Bonchev–Trinajstić information content (AvgIpc) is 2.53. The van der Waals surface area contributed by atoms with Gasteiger partial charge in [-0.1, -0.05) is 24.4 Å². The van der Waals surface area contributed by atoms with Crippen LogP contribution in [0.25, 0.3) is 0 Å². The van der Waals surface area contributed by atoms with E-state index < -0.39 is 0 Å². The molecule has 0 N–H and O–H groups in total. The molecule has 0 aliphatic heterocycles. The van der Waals surface area contributed by atoms with Crippen LogP contribution in [-0.4, -0.2) is 19.4 Å². The Kier molecular flexibility index (Phi) is 5.43. The summed E-state index contributed by atoms with van der Waals surface area (Å²) in [5, 5.41) is 13.1. The summed E-state index contributed by atoms with van der Waals surface area (Å²) in [7, 11) is 1.61. The van der Waals surface area contributed by atoms with E-state index in [1.165, 1.54) is 32.1 Å². The molecule has 1 aliphatic rings. The molecule has 1 saturated carbocycles. The molecule has 0 aromatic heterocycles. The Bertz CT molecular complexity index is 482. The number of nitriles is 1. The van der Waals surface area contributed by atoms with E-state index in [1.807, 2.05) is 24.3 Å². The molecule has 0 atom stereocenters. The number of benzene rings is 1. The minimum atomic E-state index is 0.309. The van der Waals surface area contributed by atoms with Gasteiger partial charge in [-0.3, -0.25) is 0 Å². The van der Waals surface area contributed by atoms with E-state index in [9.17, 15) is 0 Å². The molecule has 0 heterocycles. The highest BCUT2D eigenvalue weighted by Crippen LogP contribution is 2.23. The molecule has 0 spiro atoms. The Balaban J connectivity index is 1.92. The number of hydrogen-bond donors (Lipinski definition) is 0. The van der Waals surface area contributed by atoms with E-state index in [-0.39, 0.29) is 0 Å². The third kappa shape index (κ3) is 3.99. The largest absolute Gasteiger partial charge is 0.497 e. The van der Waals surface area contributed by atoms with Crippen molar-refractivity contribution in [3.05, 3.63) is 29.8 Å². The lowest BCUT2D eigenvalue weighted by Crippen LogP contribution is -2.12. The van der Waals surface area contributed by atoms with Crippen LogP contribution in [0.5, 0.6) is 5.75 Å². The highest BCUT2D eigenvalue weighted by Gasteiger charge is 2.14. The number of oxime groups is 1. The number of nitrogens with zero attached hydrogens (tertiary/aromatic N) is 2. The summed E-state index contributed by atoms with van der Waals surface area (Å²) >= 11 is 0. The van der Waals surface area contributed by atoms with Crippen LogP contribution in [-0.2, 0) is 4.84 Å². The highest BCUT2D eigenvalue weighted by molar-refractivity contribution is 6.11. The third-order valence-corrected chi connectivity index (χ3v) is 3.66. The summed E-state index contributed by atoms with van der Waals surface area (Å²) in [4.78, 5) is 5.37. The lowest BCUT2D eigenvalue weighted by molar-refractivity contribution is 0.0921. The van der Waals surface area contributed by atoms with Gasteiger partial charge in [-0.15, -0.1) is 0 Å². The topological polar surface area (TPSA) is 54.6 Å². The second kappa shape index (κ2) is 7.54. The van der Waals surface area contributed by atoms with Crippen LogP contribution in [0.1, 0.15) is 37.7 Å². The van der Waals surface area contributed by atoms with E-state index in [0.717, 1.165) is 11.3 Å². The third-order valence-electron chi connectivity index (χ3n) is 3.66. The highest BCUT2D eigenvalue weighted by atomic mass is 16.6. The molecule has 4 heteroatoms. The molecule has 0 saturated heterocycles. The fraction of sp³-hybridized carbons (Fsp3) is 0.500. The fourth-order valence-corrected chi connectivity index (χ4v) is 2.45. The van der Waals surface area contributed by atoms with Gasteiger partial charge in [0.25, 0.3) is 0 Å². The van der Waals surface area contributed by atoms with Gasteiger partial charge in [-0.05, 0) is 43.0 Å². The van der Waals surface area contributed by atoms with Crippen LogP contribution in [0.2, 0.25) is 0 Å². The molecule has 0 amide bonds. The van der Waals surface area contributed by atoms with Crippen molar-refractivity contribution in [3.63, 3.8) is 0 Å². The molecule has 0 bridgehead atoms. The van der Waals surface area contributed by atoms with Crippen molar-refractivity contribution in [1.29, 1.82) is 5.26 Å². The van der Waals surface area contributed by atoms with Crippen LogP contribution in [0.3, 0.4) is 0 Å². The van der Waals surface area contributed by atoms with Crippen molar-refractivity contribution >= 4 is 5.71 Å². The van der Waals surface area contributed by atoms with Crippen LogP contribution in [0, 0.1) is 17.2 Å². The molecule has 1 aromatic rings. The number of hydrogen-bond acceptors (Lipinski definition) is 4. The SMILES string of the molecule is COc1ccc(/C(C#N)=N/OCC2CCCCC2)cc1. The molecule has 1 fully saturated rings. The minimum Gasteiger partial charge on any atom is -0.497 e. The fourth-order valence-electron chi connectivity index (χ4n) is 2.45. The van der Waals surface area contributed by atoms with Gasteiger partial charge < -0.3 is 9.57 Å². The number of methoxy groups -OCH3 is 1. The van der Waals surface area contributed by atoms with Crippen molar-refractivity contribution in [2.24, 2.45) is 11.1 Å². The van der Waals surface area contributed by atoms with Gasteiger partial charge in [-0.2, -0.15) is 5.26 Å². The number of ether oxygens (including phenoxy) is 1. The van der Waals surface area contributed by atoms with Crippen LogP contribution in [0.15, 0.2) is 29.4 Å². The maximum absolute atomic E-state index is 9.15. The first-order valence-corrected chi connectivity index (χ1v) is 7.08. The quantitative estimate of drug-likeness (QED) is 0.608. The van der Waals surface area contributed by atoms with Crippen molar-refractivity contribution in [2.75, 3.05) is 13.7 Å². The first-order valence-electron chi connectivity index (χ1n) is 7.08. The molecule has 106 valence electrons. The lowest BCUT2D eigenvalue weighted by Gasteiger charge is -2.19. The van der Waals surface area contributed by atoms with Crippen LogP contribution >= 0.6 is 0 Å². The summed E-state index contributed by atoms with van der Waals surface area (Å²) in [5.41, 5.74) is 1.06. The van der Waals surface area contributed by atoms with Gasteiger partial charge in [0.15, 0.2) is 5.71 Å². The zero-order valence-electron chi connectivity index (χ0n) is 11.8. The van der Waals surface area contributed by atoms with Gasteiger partial charge in [0.05, 0.1) is 7.11 Å². The van der Waals surface area contributed by atoms with Crippen LogP contribution < -0.4 is 4.74 Å². The Hall–Kier alpha value is -2.02. The molecule has 1 aromatic carbocycles. The van der Waals surface area contributed by atoms with Gasteiger partial charge in [0.2, 0.25) is 0 Å². The van der Waals surface area contributed by atoms with E-state index in [0.29, 0.717) is 18.2 Å². The molecule has 4 nitrogen and oxygen atoms in total. The average molecular weight is 272 g/mol. The van der Waals surface area contributed by atoms with Gasteiger partial charge in [-0.25, -0.2) is 0 Å². The van der Waals surface area contributed by atoms with E-state index in [4.69, 9.17) is 14.8 Å². The molecular weight excluding hydrogens is 252 g/mol. The lowest BCUT2D eigenvalue weighted by atomic mass is 9.90. The second-order valence-corrected chi connectivity index (χ2v) is 5.08. The Labute approximate surface area is 120 Å². The van der Waals surface area contributed by atoms with Gasteiger partial charge in [0.1, 0.15) is 18.4 Å². The summed E-state index contributed by atoms with van der Waals surface area (Å²) in [6.45, 7) is 0.612. The zero-order chi connectivity index (χ0) is 14.2. The molecular formula is C16H20N2O2. The Morgan fingerprint density at radius 2 is 1.95 bits per heavy atom. The van der Waals surface area contributed by atoms with E-state index in [1.54, 1.807) is 7.11 Å².